The zero-order chi connectivity index (χ0) is 22.4. The number of hydrogen-bond acceptors (Lipinski definition) is 6. The Balaban J connectivity index is 1.57. The van der Waals surface area contributed by atoms with Crippen molar-refractivity contribution in [3.63, 3.8) is 0 Å². The summed E-state index contributed by atoms with van der Waals surface area (Å²) < 4.78 is 44.7. The quantitative estimate of drug-likeness (QED) is 0.548. The molecule has 0 fully saturated rings. The SMILES string of the molecule is CN(C)CCCOc1ccc(NC(=O)c2cn(-c3ccc(C(F)(F)F)cn3)nn2)cc1. The fourth-order valence-corrected chi connectivity index (χ4v) is 2.57. The molecule has 0 saturated heterocycles. The van der Waals surface area contributed by atoms with Crippen LogP contribution in [0.5, 0.6) is 5.75 Å². The van der Waals surface area contributed by atoms with Crippen molar-refractivity contribution < 1.29 is 22.7 Å². The van der Waals surface area contributed by atoms with Gasteiger partial charge in [-0.1, -0.05) is 5.21 Å². The van der Waals surface area contributed by atoms with Crippen LogP contribution in [0, 0.1) is 0 Å². The van der Waals surface area contributed by atoms with Gasteiger partial charge in [-0.2, -0.15) is 13.2 Å². The van der Waals surface area contributed by atoms with E-state index in [0.29, 0.717) is 24.2 Å². The molecule has 0 aliphatic rings. The molecular weight excluding hydrogens is 413 g/mol. The maximum Gasteiger partial charge on any atom is 0.417 e. The van der Waals surface area contributed by atoms with Crippen LogP contribution in [0.2, 0.25) is 0 Å². The molecule has 3 rings (SSSR count). The van der Waals surface area contributed by atoms with E-state index in [2.05, 4.69) is 25.5 Å². The van der Waals surface area contributed by atoms with E-state index in [4.69, 9.17) is 4.74 Å². The molecule has 1 aromatic carbocycles. The van der Waals surface area contributed by atoms with E-state index in [0.717, 1.165) is 29.8 Å². The van der Waals surface area contributed by atoms with E-state index < -0.39 is 17.6 Å². The number of hydrogen-bond donors (Lipinski definition) is 1. The number of halogens is 3. The van der Waals surface area contributed by atoms with Crippen LogP contribution in [-0.4, -0.2) is 58.0 Å². The average molecular weight is 434 g/mol. The van der Waals surface area contributed by atoms with Crippen LogP contribution in [0.3, 0.4) is 0 Å². The van der Waals surface area contributed by atoms with Crippen LogP contribution in [0.15, 0.2) is 48.8 Å². The maximum atomic E-state index is 12.6. The summed E-state index contributed by atoms with van der Waals surface area (Å²) in [5.74, 6) is 0.282. The fourth-order valence-electron chi connectivity index (χ4n) is 2.57. The van der Waals surface area contributed by atoms with Crippen LogP contribution in [0.25, 0.3) is 5.82 Å². The first-order valence-corrected chi connectivity index (χ1v) is 9.37. The molecule has 0 aliphatic heterocycles. The highest BCUT2D eigenvalue weighted by Gasteiger charge is 2.30. The Morgan fingerprint density at radius 3 is 2.52 bits per heavy atom. The third kappa shape index (κ3) is 6.25. The van der Waals surface area contributed by atoms with Gasteiger partial charge in [-0.25, -0.2) is 9.67 Å². The van der Waals surface area contributed by atoms with Gasteiger partial charge in [0.15, 0.2) is 11.5 Å². The second-order valence-corrected chi connectivity index (χ2v) is 6.93. The van der Waals surface area contributed by atoms with Crippen LogP contribution >= 0.6 is 0 Å². The third-order valence-corrected chi connectivity index (χ3v) is 4.17. The number of aromatic nitrogens is 4. The van der Waals surface area contributed by atoms with Gasteiger partial charge in [0.25, 0.3) is 5.91 Å². The van der Waals surface area contributed by atoms with Gasteiger partial charge in [-0.05, 0) is 56.9 Å². The second-order valence-electron chi connectivity index (χ2n) is 6.93. The van der Waals surface area contributed by atoms with Crippen molar-refractivity contribution in [2.75, 3.05) is 32.6 Å². The summed E-state index contributed by atoms with van der Waals surface area (Å²) in [6, 6.07) is 8.91. The molecule has 8 nitrogen and oxygen atoms in total. The number of carbonyl (C=O) groups excluding carboxylic acids is 1. The number of rotatable bonds is 8. The molecule has 0 unspecified atom stereocenters. The molecule has 11 heteroatoms. The number of ether oxygens (including phenoxy) is 1. The van der Waals surface area contributed by atoms with Gasteiger partial charge < -0.3 is 15.0 Å². The first kappa shape index (κ1) is 22.2. The van der Waals surface area contributed by atoms with Crippen molar-refractivity contribution in [1.29, 1.82) is 0 Å². The summed E-state index contributed by atoms with van der Waals surface area (Å²) in [6.07, 6.45) is -1.60. The number of carbonyl (C=O) groups is 1. The molecule has 1 amide bonds. The van der Waals surface area contributed by atoms with Crippen molar-refractivity contribution in [1.82, 2.24) is 24.9 Å². The predicted molar refractivity (Wildman–Crippen MR) is 107 cm³/mol. The molecule has 0 bridgehead atoms. The lowest BCUT2D eigenvalue weighted by Crippen LogP contribution is -2.15. The van der Waals surface area contributed by atoms with Crippen molar-refractivity contribution >= 4 is 11.6 Å². The lowest BCUT2D eigenvalue weighted by atomic mass is 10.3. The van der Waals surface area contributed by atoms with Gasteiger partial charge in [-0.3, -0.25) is 4.79 Å². The summed E-state index contributed by atoms with van der Waals surface area (Å²) in [5.41, 5.74) is -0.349. The lowest BCUT2D eigenvalue weighted by molar-refractivity contribution is -0.137. The summed E-state index contributed by atoms with van der Waals surface area (Å²) in [5, 5.41) is 10.2. The van der Waals surface area contributed by atoms with Crippen LogP contribution in [-0.2, 0) is 6.18 Å². The van der Waals surface area contributed by atoms with E-state index in [-0.39, 0.29) is 11.5 Å². The first-order valence-electron chi connectivity index (χ1n) is 9.37. The molecule has 0 spiro atoms. The zero-order valence-corrected chi connectivity index (χ0v) is 16.9. The Labute approximate surface area is 176 Å². The van der Waals surface area contributed by atoms with Crippen LogP contribution < -0.4 is 10.1 Å². The summed E-state index contributed by atoms with van der Waals surface area (Å²) in [6.45, 7) is 1.52. The molecule has 2 aromatic heterocycles. The minimum Gasteiger partial charge on any atom is -0.494 e. The highest BCUT2D eigenvalue weighted by Crippen LogP contribution is 2.28. The maximum absolute atomic E-state index is 12.6. The summed E-state index contributed by atoms with van der Waals surface area (Å²) in [4.78, 5) is 18.2. The topological polar surface area (TPSA) is 85.2 Å². The Morgan fingerprint density at radius 2 is 1.90 bits per heavy atom. The molecule has 164 valence electrons. The molecule has 2 heterocycles. The van der Waals surface area contributed by atoms with Crippen molar-refractivity contribution in [3.8, 4) is 11.6 Å². The standard InChI is InChI=1S/C20H21F3N6O2/c1-28(2)10-3-11-31-16-7-5-15(6-8-16)25-19(30)17-13-29(27-26-17)18-9-4-14(12-24-18)20(21,22)23/h4-9,12-13H,3,10-11H2,1-2H3,(H,25,30). The normalized spacial score (nSPS) is 11.5. The van der Waals surface area contributed by atoms with Gasteiger partial charge in [-0.15, -0.1) is 5.10 Å². The summed E-state index contributed by atoms with van der Waals surface area (Å²) >= 11 is 0. The van der Waals surface area contributed by atoms with Crippen molar-refractivity contribution in [2.24, 2.45) is 0 Å². The Bertz CT molecular complexity index is 1000. The Kier molecular flexibility index (Phi) is 6.85. The highest BCUT2D eigenvalue weighted by molar-refractivity contribution is 6.02. The number of pyridine rings is 1. The molecule has 0 saturated carbocycles. The van der Waals surface area contributed by atoms with Gasteiger partial charge in [0.1, 0.15) is 5.75 Å². The summed E-state index contributed by atoms with van der Waals surface area (Å²) in [7, 11) is 3.99. The number of amides is 1. The number of nitrogens with one attached hydrogen (secondary N) is 1. The predicted octanol–water partition coefficient (Wildman–Crippen LogP) is 3.26. The van der Waals surface area contributed by atoms with Gasteiger partial charge in [0.2, 0.25) is 0 Å². The van der Waals surface area contributed by atoms with E-state index in [9.17, 15) is 18.0 Å². The van der Waals surface area contributed by atoms with E-state index in [1.807, 2.05) is 14.1 Å². The Hall–Kier alpha value is -3.47. The number of anilines is 1. The van der Waals surface area contributed by atoms with E-state index in [1.54, 1.807) is 24.3 Å². The van der Waals surface area contributed by atoms with Gasteiger partial charge >= 0.3 is 6.18 Å². The fraction of sp³-hybridized carbons (Fsp3) is 0.300. The molecule has 0 radical (unpaired) electrons. The largest absolute Gasteiger partial charge is 0.494 e. The molecule has 31 heavy (non-hydrogen) atoms. The molecule has 0 atom stereocenters. The number of benzene rings is 1. The molecule has 3 aromatic rings. The van der Waals surface area contributed by atoms with Crippen LogP contribution in [0.4, 0.5) is 18.9 Å². The minimum absolute atomic E-state index is 0.00860. The average Bonchev–Trinajstić information content (AvgIpc) is 3.22. The molecule has 0 aliphatic carbocycles. The van der Waals surface area contributed by atoms with E-state index in [1.165, 1.54) is 6.20 Å². The van der Waals surface area contributed by atoms with Gasteiger partial charge in [0.05, 0.1) is 18.4 Å². The van der Waals surface area contributed by atoms with Gasteiger partial charge in [0, 0.05) is 18.4 Å². The van der Waals surface area contributed by atoms with Crippen molar-refractivity contribution in [2.45, 2.75) is 12.6 Å². The Morgan fingerprint density at radius 1 is 1.16 bits per heavy atom. The number of nitrogens with zero attached hydrogens (tertiary/aromatic N) is 5. The lowest BCUT2D eigenvalue weighted by Gasteiger charge is -2.10. The zero-order valence-electron chi connectivity index (χ0n) is 16.9. The second kappa shape index (κ2) is 9.56. The highest BCUT2D eigenvalue weighted by atomic mass is 19.4. The monoisotopic (exact) mass is 434 g/mol. The van der Waals surface area contributed by atoms with E-state index >= 15 is 0 Å². The van der Waals surface area contributed by atoms with Crippen molar-refractivity contribution in [3.05, 3.63) is 60.0 Å². The molecular formula is C20H21F3N6O2. The van der Waals surface area contributed by atoms with Crippen LogP contribution in [0.1, 0.15) is 22.5 Å². The minimum atomic E-state index is -4.48. The smallest absolute Gasteiger partial charge is 0.417 e. The number of alkyl halides is 3. The third-order valence-electron chi connectivity index (χ3n) is 4.17. The molecule has 1 N–H and O–H groups in total. The first-order chi connectivity index (χ1) is 14.7.